The number of carbonyl (C=O) groups is 5. The Hall–Kier alpha value is -2.95. The lowest BCUT2D eigenvalue weighted by Crippen LogP contribution is -2.60. The number of ether oxygens (including phenoxy) is 1. The number of rotatable bonds is 12. The van der Waals surface area contributed by atoms with Gasteiger partial charge in [-0.1, -0.05) is 47.1 Å². The Balaban J connectivity index is 2.25. The monoisotopic (exact) mass is 633 g/mol. The molecular formula is C34H59N5O6. The van der Waals surface area contributed by atoms with Gasteiger partial charge >= 0.3 is 5.97 Å². The van der Waals surface area contributed by atoms with Crippen LogP contribution < -0.4 is 5.32 Å². The third kappa shape index (κ3) is 10.0. The zero-order chi connectivity index (χ0) is 34.2. The van der Waals surface area contributed by atoms with Gasteiger partial charge in [-0.25, -0.2) is 0 Å². The zero-order valence-electron chi connectivity index (χ0n) is 29.6. The van der Waals surface area contributed by atoms with Gasteiger partial charge in [-0.3, -0.25) is 28.9 Å². The smallest absolute Gasteiger partial charge is 0.325 e. The molecule has 4 atom stereocenters. The van der Waals surface area contributed by atoms with E-state index in [9.17, 15) is 24.0 Å². The van der Waals surface area contributed by atoms with Crippen LogP contribution in [0.1, 0.15) is 94.4 Å². The summed E-state index contributed by atoms with van der Waals surface area (Å²) < 4.78 is 4.97. The van der Waals surface area contributed by atoms with Crippen LogP contribution >= 0.6 is 0 Å². The minimum Gasteiger partial charge on any atom is -0.465 e. The SMILES string of the molecule is CCOC(=O)CN(C)C(=O)[C@@H]1CCCN1C(=O)/C(C)=C/[C@H](C(C)C)N(C)C(=O)[C@@H](NC(=O)C1CCCCN1C(C)C)C(C)(C)C. The number of esters is 1. The second kappa shape index (κ2) is 16.6. The highest BCUT2D eigenvalue weighted by molar-refractivity contribution is 5.97. The average Bonchev–Trinajstić information content (AvgIpc) is 3.46. The molecule has 2 heterocycles. The topological polar surface area (TPSA) is 120 Å². The maximum atomic E-state index is 14.1. The van der Waals surface area contributed by atoms with Gasteiger partial charge in [0.15, 0.2) is 0 Å². The van der Waals surface area contributed by atoms with Crippen molar-refractivity contribution in [3.8, 4) is 0 Å². The van der Waals surface area contributed by atoms with Gasteiger partial charge in [-0.15, -0.1) is 0 Å². The fourth-order valence-corrected chi connectivity index (χ4v) is 6.40. The molecule has 0 saturated carbocycles. The summed E-state index contributed by atoms with van der Waals surface area (Å²) in [5.74, 6) is -1.42. The first-order valence-corrected chi connectivity index (χ1v) is 16.6. The minimum atomic E-state index is -0.757. The molecule has 2 fully saturated rings. The summed E-state index contributed by atoms with van der Waals surface area (Å²) in [6, 6.07) is -1.88. The van der Waals surface area contributed by atoms with Crippen molar-refractivity contribution in [3.63, 3.8) is 0 Å². The molecule has 4 amide bonds. The normalized spacial score (nSPS) is 21.0. The summed E-state index contributed by atoms with van der Waals surface area (Å²) in [7, 11) is 3.26. The second-order valence-electron chi connectivity index (χ2n) is 14.3. The van der Waals surface area contributed by atoms with Crippen LogP contribution in [0.25, 0.3) is 0 Å². The van der Waals surface area contributed by atoms with E-state index in [2.05, 4.69) is 24.1 Å². The molecule has 0 aliphatic carbocycles. The van der Waals surface area contributed by atoms with Gasteiger partial charge in [0, 0.05) is 32.3 Å². The van der Waals surface area contributed by atoms with Crippen molar-refractivity contribution in [2.45, 2.75) is 125 Å². The molecule has 45 heavy (non-hydrogen) atoms. The summed E-state index contributed by atoms with van der Waals surface area (Å²) in [6.07, 6.45) is 5.80. The number of piperidine rings is 1. The van der Waals surface area contributed by atoms with E-state index in [-0.39, 0.29) is 54.8 Å². The van der Waals surface area contributed by atoms with E-state index in [0.29, 0.717) is 25.0 Å². The molecule has 1 unspecified atom stereocenters. The van der Waals surface area contributed by atoms with Crippen molar-refractivity contribution in [3.05, 3.63) is 11.6 Å². The molecule has 1 N–H and O–H groups in total. The zero-order valence-corrected chi connectivity index (χ0v) is 29.6. The summed E-state index contributed by atoms with van der Waals surface area (Å²) in [5.41, 5.74) is -0.111. The molecule has 0 radical (unpaired) electrons. The number of likely N-dealkylation sites (N-methyl/N-ethyl adjacent to an activating group) is 2. The summed E-state index contributed by atoms with van der Waals surface area (Å²) in [4.78, 5) is 73.3. The lowest BCUT2D eigenvalue weighted by molar-refractivity contribution is -0.150. The quantitative estimate of drug-likeness (QED) is 0.259. The van der Waals surface area contributed by atoms with E-state index in [1.165, 1.54) is 11.9 Å². The third-order valence-corrected chi connectivity index (χ3v) is 8.99. The van der Waals surface area contributed by atoms with Crippen LogP contribution in [0, 0.1) is 11.3 Å². The van der Waals surface area contributed by atoms with Crippen molar-refractivity contribution >= 4 is 29.6 Å². The molecule has 0 aromatic carbocycles. The molecule has 256 valence electrons. The number of hydrogen-bond acceptors (Lipinski definition) is 7. The van der Waals surface area contributed by atoms with E-state index in [1.54, 1.807) is 36.8 Å². The van der Waals surface area contributed by atoms with E-state index >= 15 is 0 Å². The highest BCUT2D eigenvalue weighted by Gasteiger charge is 2.41. The van der Waals surface area contributed by atoms with Crippen LogP contribution in [0.5, 0.6) is 0 Å². The van der Waals surface area contributed by atoms with Gasteiger partial charge in [0.2, 0.25) is 23.6 Å². The van der Waals surface area contributed by atoms with E-state index in [4.69, 9.17) is 4.74 Å². The number of nitrogens with one attached hydrogen (secondary N) is 1. The van der Waals surface area contributed by atoms with Gasteiger partial charge in [-0.2, -0.15) is 0 Å². The predicted octanol–water partition coefficient (Wildman–Crippen LogP) is 3.22. The molecule has 2 aliphatic heterocycles. The first-order valence-electron chi connectivity index (χ1n) is 16.6. The Morgan fingerprint density at radius 3 is 2.13 bits per heavy atom. The lowest BCUT2D eigenvalue weighted by atomic mass is 9.84. The van der Waals surface area contributed by atoms with Crippen LogP contribution in [-0.2, 0) is 28.7 Å². The van der Waals surface area contributed by atoms with Gasteiger partial charge in [0.1, 0.15) is 18.6 Å². The van der Waals surface area contributed by atoms with Crippen LogP contribution in [0.15, 0.2) is 11.6 Å². The maximum absolute atomic E-state index is 14.1. The van der Waals surface area contributed by atoms with Crippen LogP contribution in [0.3, 0.4) is 0 Å². The van der Waals surface area contributed by atoms with E-state index < -0.39 is 29.5 Å². The summed E-state index contributed by atoms with van der Waals surface area (Å²) in [5, 5.41) is 3.11. The lowest BCUT2D eigenvalue weighted by Gasteiger charge is -2.41. The van der Waals surface area contributed by atoms with Gasteiger partial charge in [0.05, 0.1) is 18.7 Å². The number of likely N-dealkylation sites (tertiary alicyclic amines) is 2. The predicted molar refractivity (Wildman–Crippen MR) is 175 cm³/mol. The molecule has 2 aliphatic rings. The fourth-order valence-electron chi connectivity index (χ4n) is 6.40. The van der Waals surface area contributed by atoms with Crippen LogP contribution in [0.4, 0.5) is 0 Å². The van der Waals surface area contributed by atoms with Gasteiger partial charge in [0.25, 0.3) is 0 Å². The Kier molecular flexibility index (Phi) is 14.1. The number of amides is 4. The largest absolute Gasteiger partial charge is 0.465 e. The second-order valence-corrected chi connectivity index (χ2v) is 14.3. The van der Waals surface area contributed by atoms with Gasteiger partial charge in [-0.05, 0) is 71.3 Å². The average molecular weight is 634 g/mol. The number of hydrogen-bond donors (Lipinski definition) is 1. The number of carbonyl (C=O) groups excluding carboxylic acids is 5. The highest BCUT2D eigenvalue weighted by atomic mass is 16.5. The first kappa shape index (κ1) is 38.2. The van der Waals surface area contributed by atoms with Crippen molar-refractivity contribution in [1.29, 1.82) is 0 Å². The van der Waals surface area contributed by atoms with E-state index in [1.807, 2.05) is 34.6 Å². The molecule has 11 heteroatoms. The molecule has 0 spiro atoms. The Labute approximate surface area is 271 Å². The molecule has 11 nitrogen and oxygen atoms in total. The van der Waals surface area contributed by atoms with Crippen molar-refractivity contribution < 1.29 is 28.7 Å². The molecule has 0 aromatic rings. The Morgan fingerprint density at radius 1 is 0.956 bits per heavy atom. The highest BCUT2D eigenvalue weighted by Crippen LogP contribution is 2.27. The van der Waals surface area contributed by atoms with Crippen LogP contribution in [-0.4, -0.2) is 120 Å². The fraction of sp³-hybridized carbons (Fsp3) is 0.794. The Bertz CT molecular complexity index is 1100. The van der Waals surface area contributed by atoms with E-state index in [0.717, 1.165) is 25.8 Å². The van der Waals surface area contributed by atoms with Gasteiger partial charge < -0.3 is 24.8 Å². The number of nitrogens with zero attached hydrogens (tertiary/aromatic N) is 4. The molecule has 0 bridgehead atoms. The minimum absolute atomic E-state index is 0.0282. The molecular weight excluding hydrogens is 574 g/mol. The van der Waals surface area contributed by atoms with Crippen molar-refractivity contribution in [2.24, 2.45) is 11.3 Å². The standard InChI is InChI=1S/C34H59N5O6/c1-12-45-28(40)21-36(10)32(43)26-17-15-19-39(26)31(42)24(6)20-27(22(2)3)37(11)33(44)29(34(7,8)9)35-30(41)25-16-13-14-18-38(25)23(4)5/h20,22-23,25-27,29H,12-19,21H2,1-11H3,(H,35,41)/b24-20+/t25?,26-,27+,29+/m0/s1. The van der Waals surface area contributed by atoms with Crippen molar-refractivity contribution in [2.75, 3.05) is 40.3 Å². The third-order valence-electron chi connectivity index (χ3n) is 8.99. The van der Waals surface area contributed by atoms with Crippen molar-refractivity contribution in [1.82, 2.24) is 24.9 Å². The molecule has 0 aromatic heterocycles. The summed E-state index contributed by atoms with van der Waals surface area (Å²) in [6.45, 7) is 18.8. The maximum Gasteiger partial charge on any atom is 0.325 e. The van der Waals surface area contributed by atoms with Crippen LogP contribution in [0.2, 0.25) is 0 Å². The molecule has 2 rings (SSSR count). The summed E-state index contributed by atoms with van der Waals surface area (Å²) >= 11 is 0. The first-order chi connectivity index (χ1) is 20.9. The molecule has 2 saturated heterocycles. The Morgan fingerprint density at radius 2 is 1.58 bits per heavy atom.